The third-order valence-corrected chi connectivity index (χ3v) is 2.95. The Morgan fingerprint density at radius 2 is 2.44 bits per heavy atom. The largest absolute Gasteiger partial charge is 0.459 e. The second-order valence-corrected chi connectivity index (χ2v) is 4.25. The van der Waals surface area contributed by atoms with E-state index in [-0.39, 0.29) is 18.1 Å². The minimum absolute atomic E-state index is 0.0273. The Morgan fingerprint density at radius 1 is 1.62 bits per heavy atom. The van der Waals surface area contributed by atoms with E-state index in [1.54, 1.807) is 6.07 Å². The van der Waals surface area contributed by atoms with Crippen LogP contribution in [0.3, 0.4) is 0 Å². The zero-order chi connectivity index (χ0) is 11.5. The van der Waals surface area contributed by atoms with Gasteiger partial charge < -0.3 is 14.5 Å². The van der Waals surface area contributed by atoms with Crippen molar-refractivity contribution in [3.63, 3.8) is 0 Å². The number of nitrogens with one attached hydrogen (secondary N) is 1. The highest BCUT2D eigenvalue weighted by Crippen LogP contribution is 2.16. The van der Waals surface area contributed by atoms with E-state index in [0.29, 0.717) is 5.76 Å². The Labute approximate surface area is 95.0 Å². The maximum Gasteiger partial charge on any atom is 0.287 e. The molecule has 1 aliphatic rings. The Morgan fingerprint density at radius 3 is 3.00 bits per heavy atom. The number of ether oxygens (including phenoxy) is 1. The van der Waals surface area contributed by atoms with Crippen molar-refractivity contribution in [2.24, 2.45) is 0 Å². The lowest BCUT2D eigenvalue weighted by Gasteiger charge is -2.19. The van der Waals surface area contributed by atoms with Crippen LogP contribution >= 0.6 is 0 Å². The van der Waals surface area contributed by atoms with Gasteiger partial charge in [0.05, 0.1) is 18.4 Å². The van der Waals surface area contributed by atoms with E-state index < -0.39 is 0 Å². The van der Waals surface area contributed by atoms with Crippen molar-refractivity contribution in [2.75, 3.05) is 6.61 Å². The van der Waals surface area contributed by atoms with Gasteiger partial charge in [0.1, 0.15) is 0 Å². The summed E-state index contributed by atoms with van der Waals surface area (Å²) in [5, 5.41) is 2.91. The summed E-state index contributed by atoms with van der Waals surface area (Å²) in [4.78, 5) is 11.8. The number of carbonyl (C=O) groups is 1. The molecule has 1 amide bonds. The summed E-state index contributed by atoms with van der Waals surface area (Å²) in [6.07, 6.45) is 3.75. The second-order valence-electron chi connectivity index (χ2n) is 4.25. The van der Waals surface area contributed by atoms with Crippen molar-refractivity contribution in [1.82, 2.24) is 5.32 Å². The third-order valence-electron chi connectivity index (χ3n) is 2.95. The highest BCUT2D eigenvalue weighted by molar-refractivity contribution is 5.92. The molecule has 1 N–H and O–H groups in total. The predicted molar refractivity (Wildman–Crippen MR) is 59.3 cm³/mol. The Kier molecular flexibility index (Phi) is 3.29. The van der Waals surface area contributed by atoms with E-state index in [1.165, 1.54) is 6.26 Å². The van der Waals surface area contributed by atoms with Crippen LogP contribution in [0.15, 0.2) is 16.7 Å². The fourth-order valence-electron chi connectivity index (χ4n) is 1.97. The molecular formula is C12H17NO3. The van der Waals surface area contributed by atoms with Gasteiger partial charge in [-0.15, -0.1) is 0 Å². The van der Waals surface area contributed by atoms with Gasteiger partial charge in [0.25, 0.3) is 5.91 Å². The SMILES string of the molecule is Cc1ccoc1C(=O)N[C@H](C)[C@H]1CCCO1. The number of aryl methyl sites for hydroxylation is 1. The minimum atomic E-state index is -0.162. The summed E-state index contributed by atoms with van der Waals surface area (Å²) >= 11 is 0. The minimum Gasteiger partial charge on any atom is -0.459 e. The summed E-state index contributed by atoms with van der Waals surface area (Å²) in [6.45, 7) is 4.62. The highest BCUT2D eigenvalue weighted by atomic mass is 16.5. The van der Waals surface area contributed by atoms with Crippen LogP contribution in [0.25, 0.3) is 0 Å². The fraction of sp³-hybridized carbons (Fsp3) is 0.583. The highest BCUT2D eigenvalue weighted by Gasteiger charge is 2.25. The molecule has 2 heterocycles. The molecule has 1 fully saturated rings. The van der Waals surface area contributed by atoms with Gasteiger partial charge in [-0.05, 0) is 32.8 Å². The number of hydrogen-bond acceptors (Lipinski definition) is 3. The lowest BCUT2D eigenvalue weighted by Crippen LogP contribution is -2.40. The Balaban J connectivity index is 1.94. The van der Waals surface area contributed by atoms with Gasteiger partial charge in [-0.1, -0.05) is 0 Å². The average Bonchev–Trinajstić information content (AvgIpc) is 2.86. The monoisotopic (exact) mass is 223 g/mol. The number of carbonyl (C=O) groups excluding carboxylic acids is 1. The normalized spacial score (nSPS) is 22.0. The lowest BCUT2D eigenvalue weighted by molar-refractivity contribution is 0.0696. The molecule has 0 aliphatic carbocycles. The van der Waals surface area contributed by atoms with Gasteiger partial charge in [0.2, 0.25) is 0 Å². The number of furan rings is 1. The molecule has 1 aromatic rings. The molecule has 0 aromatic carbocycles. The lowest BCUT2D eigenvalue weighted by atomic mass is 10.1. The van der Waals surface area contributed by atoms with Gasteiger partial charge in [0.15, 0.2) is 5.76 Å². The predicted octanol–water partition coefficient (Wildman–Crippen LogP) is 1.89. The molecular weight excluding hydrogens is 206 g/mol. The second kappa shape index (κ2) is 4.70. The van der Waals surface area contributed by atoms with E-state index in [4.69, 9.17) is 9.15 Å². The maximum absolute atomic E-state index is 11.8. The first-order valence-electron chi connectivity index (χ1n) is 5.65. The van der Waals surface area contributed by atoms with Crippen LogP contribution in [-0.4, -0.2) is 24.7 Å². The molecule has 88 valence electrons. The summed E-state index contributed by atoms with van der Waals surface area (Å²) in [7, 11) is 0. The van der Waals surface area contributed by atoms with Crippen LogP contribution < -0.4 is 5.32 Å². The molecule has 0 saturated carbocycles. The molecule has 0 spiro atoms. The van der Waals surface area contributed by atoms with Gasteiger partial charge in [0, 0.05) is 12.2 Å². The molecule has 16 heavy (non-hydrogen) atoms. The molecule has 1 aromatic heterocycles. The molecule has 2 rings (SSSR count). The first-order valence-corrected chi connectivity index (χ1v) is 5.65. The van der Waals surface area contributed by atoms with E-state index in [2.05, 4.69) is 5.32 Å². The average molecular weight is 223 g/mol. The van der Waals surface area contributed by atoms with Gasteiger partial charge in [-0.25, -0.2) is 0 Å². The van der Waals surface area contributed by atoms with Crippen LogP contribution in [0, 0.1) is 6.92 Å². The molecule has 1 aliphatic heterocycles. The van der Waals surface area contributed by atoms with Gasteiger partial charge >= 0.3 is 0 Å². The molecule has 4 nitrogen and oxygen atoms in total. The third kappa shape index (κ3) is 2.27. The molecule has 0 radical (unpaired) electrons. The molecule has 4 heteroatoms. The summed E-state index contributed by atoms with van der Waals surface area (Å²) in [6, 6.07) is 1.81. The number of amides is 1. The van der Waals surface area contributed by atoms with Crippen LogP contribution in [0.1, 0.15) is 35.9 Å². The number of rotatable bonds is 3. The Hall–Kier alpha value is -1.29. The topological polar surface area (TPSA) is 51.5 Å². The zero-order valence-corrected chi connectivity index (χ0v) is 9.66. The van der Waals surface area contributed by atoms with Gasteiger partial charge in [-0.3, -0.25) is 4.79 Å². The molecule has 1 saturated heterocycles. The first kappa shape index (κ1) is 11.2. The van der Waals surface area contributed by atoms with Crippen molar-refractivity contribution in [1.29, 1.82) is 0 Å². The summed E-state index contributed by atoms with van der Waals surface area (Å²) < 4.78 is 10.7. The fourth-order valence-corrected chi connectivity index (χ4v) is 1.97. The smallest absolute Gasteiger partial charge is 0.287 e. The standard InChI is InChI=1S/C12H17NO3/c1-8-5-7-16-11(8)12(14)13-9(2)10-4-3-6-15-10/h5,7,9-10H,3-4,6H2,1-2H3,(H,13,14)/t9-,10-/m1/s1. The van der Waals surface area contributed by atoms with Crippen molar-refractivity contribution in [3.05, 3.63) is 23.7 Å². The molecule has 2 atom stereocenters. The van der Waals surface area contributed by atoms with Crippen LogP contribution in [0.5, 0.6) is 0 Å². The van der Waals surface area contributed by atoms with Gasteiger partial charge in [-0.2, -0.15) is 0 Å². The van der Waals surface area contributed by atoms with Crippen molar-refractivity contribution < 1.29 is 13.9 Å². The molecule has 0 unspecified atom stereocenters. The molecule has 0 bridgehead atoms. The maximum atomic E-state index is 11.8. The van der Waals surface area contributed by atoms with Crippen molar-refractivity contribution in [3.8, 4) is 0 Å². The summed E-state index contributed by atoms with van der Waals surface area (Å²) in [5.74, 6) is 0.232. The van der Waals surface area contributed by atoms with Crippen LogP contribution in [0.2, 0.25) is 0 Å². The van der Waals surface area contributed by atoms with E-state index in [9.17, 15) is 4.79 Å². The van der Waals surface area contributed by atoms with Crippen LogP contribution in [-0.2, 0) is 4.74 Å². The van der Waals surface area contributed by atoms with E-state index in [0.717, 1.165) is 25.0 Å². The summed E-state index contributed by atoms with van der Waals surface area (Å²) in [5.41, 5.74) is 0.858. The quantitative estimate of drug-likeness (QED) is 0.851. The van der Waals surface area contributed by atoms with Crippen LogP contribution in [0.4, 0.5) is 0 Å². The number of hydrogen-bond donors (Lipinski definition) is 1. The Bertz CT molecular complexity index is 366. The first-order chi connectivity index (χ1) is 7.68. The van der Waals surface area contributed by atoms with E-state index >= 15 is 0 Å². The zero-order valence-electron chi connectivity index (χ0n) is 9.66. The van der Waals surface area contributed by atoms with Crippen molar-refractivity contribution in [2.45, 2.75) is 38.8 Å². The van der Waals surface area contributed by atoms with Crippen molar-refractivity contribution >= 4 is 5.91 Å². The van der Waals surface area contributed by atoms with E-state index in [1.807, 2.05) is 13.8 Å².